The molecule has 0 aliphatic rings. The van der Waals surface area contributed by atoms with Gasteiger partial charge in [-0.2, -0.15) is 0 Å². The molecular weight excluding hydrogens is 288 g/mol. The molecule has 0 radical (unpaired) electrons. The number of nitrogens with one attached hydrogen (secondary N) is 2. The van der Waals surface area contributed by atoms with Gasteiger partial charge in [0.05, 0.1) is 0 Å². The van der Waals surface area contributed by atoms with Gasteiger partial charge in [-0.1, -0.05) is 58.9 Å². The van der Waals surface area contributed by atoms with Crippen LogP contribution < -0.4 is 10.0 Å². The van der Waals surface area contributed by atoms with Crippen molar-refractivity contribution < 1.29 is 14.7 Å². The Morgan fingerprint density at radius 2 is 1.90 bits per heavy atom. The van der Waals surface area contributed by atoms with Gasteiger partial charge in [0.25, 0.3) is 0 Å². The summed E-state index contributed by atoms with van der Waals surface area (Å²) in [6.07, 6.45) is 4.20. The minimum atomic E-state index is -0.810. The number of unbranched alkanes of at least 4 members (excludes halogenated alkanes) is 2. The summed E-state index contributed by atoms with van der Waals surface area (Å²) in [6, 6.07) is -0.508. The second-order valence-corrected chi connectivity index (χ2v) is 7.37. The van der Waals surface area contributed by atoms with Crippen LogP contribution in [-0.4, -0.2) is 35.3 Å². The van der Waals surface area contributed by atoms with E-state index in [-0.39, 0.29) is 11.3 Å². The fraction of sp³-hybridized carbons (Fsp3) is 0.867. The maximum absolute atomic E-state index is 11.6. The Labute approximate surface area is 132 Å². The normalized spacial score (nSPS) is 13.0. The van der Waals surface area contributed by atoms with Crippen molar-refractivity contribution in [3.63, 3.8) is 0 Å². The van der Waals surface area contributed by atoms with Crippen molar-refractivity contribution in [3.05, 3.63) is 0 Å². The predicted octanol–water partition coefficient (Wildman–Crippen LogP) is 2.81. The lowest BCUT2D eigenvalue weighted by molar-refractivity contribution is -0.139. The number of carboxylic acid groups (broad SMARTS) is 1. The first kappa shape index (κ1) is 20.2. The van der Waals surface area contributed by atoms with Crippen LogP contribution in [0.4, 0.5) is 0 Å². The van der Waals surface area contributed by atoms with E-state index >= 15 is 0 Å². The first-order valence-corrected chi connectivity index (χ1v) is 8.61. The standard InChI is InChI=1S/C15H30N2O3S/c1-5-6-7-8-12(14(19)20)17-21-10-9-16-13(18)11-15(2,3)4/h12,17H,5-11H2,1-4H3,(H,16,18)(H,19,20). The summed E-state index contributed by atoms with van der Waals surface area (Å²) in [5.41, 5.74) is -0.0108. The minimum absolute atomic E-state index is 0.0108. The highest BCUT2D eigenvalue weighted by Gasteiger charge is 2.17. The molecule has 0 aromatic heterocycles. The zero-order valence-corrected chi connectivity index (χ0v) is 14.5. The molecule has 0 aliphatic heterocycles. The van der Waals surface area contributed by atoms with Crippen LogP contribution in [0.5, 0.6) is 0 Å². The molecule has 1 amide bonds. The molecule has 0 rings (SSSR count). The van der Waals surface area contributed by atoms with Gasteiger partial charge in [-0.05, 0) is 11.8 Å². The highest BCUT2D eigenvalue weighted by molar-refractivity contribution is 7.97. The Morgan fingerprint density at radius 1 is 1.24 bits per heavy atom. The average Bonchev–Trinajstić information content (AvgIpc) is 2.33. The van der Waals surface area contributed by atoms with E-state index in [0.717, 1.165) is 19.3 Å². The average molecular weight is 318 g/mol. The van der Waals surface area contributed by atoms with Gasteiger partial charge in [0.1, 0.15) is 6.04 Å². The van der Waals surface area contributed by atoms with Crippen molar-refractivity contribution in [2.24, 2.45) is 5.41 Å². The van der Waals surface area contributed by atoms with Gasteiger partial charge in [-0.3, -0.25) is 9.59 Å². The third kappa shape index (κ3) is 12.7. The van der Waals surface area contributed by atoms with E-state index in [1.807, 2.05) is 20.8 Å². The number of amides is 1. The zero-order chi connectivity index (χ0) is 16.3. The van der Waals surface area contributed by atoms with Crippen molar-refractivity contribution in [2.45, 2.75) is 65.8 Å². The van der Waals surface area contributed by atoms with Crippen molar-refractivity contribution in [3.8, 4) is 0 Å². The Hall–Kier alpha value is -0.750. The topological polar surface area (TPSA) is 78.4 Å². The molecule has 21 heavy (non-hydrogen) atoms. The molecule has 0 aromatic rings. The fourth-order valence-electron chi connectivity index (χ4n) is 1.78. The Bertz CT molecular complexity index is 317. The highest BCUT2D eigenvalue weighted by Crippen LogP contribution is 2.17. The van der Waals surface area contributed by atoms with Crippen molar-refractivity contribution in [2.75, 3.05) is 12.3 Å². The van der Waals surface area contributed by atoms with Gasteiger partial charge in [-0.15, -0.1) is 0 Å². The second-order valence-electron chi connectivity index (χ2n) is 6.44. The van der Waals surface area contributed by atoms with Crippen LogP contribution >= 0.6 is 11.9 Å². The molecule has 1 atom stereocenters. The lowest BCUT2D eigenvalue weighted by atomic mass is 9.92. The number of aliphatic carboxylic acids is 1. The van der Waals surface area contributed by atoms with Crippen LogP contribution in [0.3, 0.4) is 0 Å². The number of carbonyl (C=O) groups excluding carboxylic acids is 1. The molecule has 0 heterocycles. The number of carboxylic acids is 1. The molecule has 3 N–H and O–H groups in total. The van der Waals surface area contributed by atoms with Crippen LogP contribution in [0.2, 0.25) is 0 Å². The summed E-state index contributed by atoms with van der Waals surface area (Å²) < 4.78 is 2.97. The van der Waals surface area contributed by atoms with Gasteiger partial charge >= 0.3 is 5.97 Å². The van der Waals surface area contributed by atoms with E-state index in [2.05, 4.69) is 17.0 Å². The summed E-state index contributed by atoms with van der Waals surface area (Å²) in [5.74, 6) is -0.107. The first-order valence-electron chi connectivity index (χ1n) is 7.63. The van der Waals surface area contributed by atoms with Gasteiger partial charge in [0.15, 0.2) is 0 Å². The first-order chi connectivity index (χ1) is 9.76. The quantitative estimate of drug-likeness (QED) is 0.403. The van der Waals surface area contributed by atoms with Gasteiger partial charge < -0.3 is 10.4 Å². The van der Waals surface area contributed by atoms with Gasteiger partial charge in [0.2, 0.25) is 5.91 Å². The monoisotopic (exact) mass is 318 g/mol. The smallest absolute Gasteiger partial charge is 0.321 e. The predicted molar refractivity (Wildman–Crippen MR) is 88.2 cm³/mol. The molecule has 1 unspecified atom stereocenters. The molecule has 5 nitrogen and oxygen atoms in total. The third-order valence-electron chi connectivity index (χ3n) is 2.84. The van der Waals surface area contributed by atoms with Crippen LogP contribution in [-0.2, 0) is 9.59 Å². The Kier molecular flexibility index (Phi) is 10.5. The molecular formula is C15H30N2O3S. The van der Waals surface area contributed by atoms with E-state index in [0.29, 0.717) is 25.1 Å². The summed E-state index contributed by atoms with van der Waals surface area (Å²) in [7, 11) is 0. The van der Waals surface area contributed by atoms with E-state index in [4.69, 9.17) is 5.11 Å². The van der Waals surface area contributed by atoms with E-state index in [9.17, 15) is 9.59 Å². The maximum Gasteiger partial charge on any atom is 0.321 e. The lowest BCUT2D eigenvalue weighted by Gasteiger charge is -2.17. The molecule has 0 bridgehead atoms. The van der Waals surface area contributed by atoms with Crippen molar-refractivity contribution in [1.82, 2.24) is 10.0 Å². The largest absolute Gasteiger partial charge is 0.480 e. The Morgan fingerprint density at radius 3 is 2.43 bits per heavy atom. The molecule has 6 heteroatoms. The zero-order valence-electron chi connectivity index (χ0n) is 13.7. The number of hydrogen-bond donors (Lipinski definition) is 3. The molecule has 0 spiro atoms. The summed E-state index contributed by atoms with van der Waals surface area (Å²) in [5, 5.41) is 11.9. The van der Waals surface area contributed by atoms with E-state index in [1.54, 1.807) is 0 Å². The van der Waals surface area contributed by atoms with E-state index in [1.165, 1.54) is 11.9 Å². The Balaban J connectivity index is 3.75. The van der Waals surface area contributed by atoms with Crippen LogP contribution in [0.15, 0.2) is 0 Å². The minimum Gasteiger partial charge on any atom is -0.480 e. The molecule has 124 valence electrons. The fourth-order valence-corrected chi connectivity index (χ4v) is 2.52. The molecule has 0 saturated carbocycles. The molecule has 0 saturated heterocycles. The van der Waals surface area contributed by atoms with Crippen LogP contribution in [0, 0.1) is 5.41 Å². The van der Waals surface area contributed by atoms with Crippen molar-refractivity contribution in [1.29, 1.82) is 0 Å². The number of rotatable bonds is 11. The summed E-state index contributed by atoms with van der Waals surface area (Å²) in [4.78, 5) is 22.7. The second kappa shape index (κ2) is 10.9. The molecule has 0 aliphatic carbocycles. The van der Waals surface area contributed by atoms with Gasteiger partial charge in [0, 0.05) is 18.7 Å². The van der Waals surface area contributed by atoms with Gasteiger partial charge in [-0.25, -0.2) is 4.72 Å². The summed E-state index contributed by atoms with van der Waals surface area (Å²) in [6.45, 7) is 8.72. The lowest BCUT2D eigenvalue weighted by Crippen LogP contribution is -2.34. The van der Waals surface area contributed by atoms with E-state index < -0.39 is 12.0 Å². The van der Waals surface area contributed by atoms with Crippen molar-refractivity contribution >= 4 is 23.8 Å². The maximum atomic E-state index is 11.6. The SMILES string of the molecule is CCCCCC(NSCCNC(=O)CC(C)(C)C)C(=O)O. The molecule has 0 fully saturated rings. The third-order valence-corrected chi connectivity index (χ3v) is 3.70. The molecule has 0 aromatic carbocycles. The van der Waals surface area contributed by atoms with Crippen LogP contribution in [0.1, 0.15) is 59.8 Å². The highest BCUT2D eigenvalue weighted by atomic mass is 32.2. The number of hydrogen-bond acceptors (Lipinski definition) is 4. The van der Waals surface area contributed by atoms with Crippen LogP contribution in [0.25, 0.3) is 0 Å². The number of carbonyl (C=O) groups is 2. The summed E-state index contributed by atoms with van der Waals surface area (Å²) >= 11 is 1.36.